The number of carbonyl (C=O) groups is 1. The predicted octanol–water partition coefficient (Wildman–Crippen LogP) is 6.12. The summed E-state index contributed by atoms with van der Waals surface area (Å²) in [4.78, 5) is 19.3. The Morgan fingerprint density at radius 2 is 1.63 bits per heavy atom. The maximum atomic E-state index is 14.3. The van der Waals surface area contributed by atoms with Crippen LogP contribution in [0.1, 0.15) is 34.8 Å². The van der Waals surface area contributed by atoms with Gasteiger partial charge in [-0.05, 0) is 53.9 Å². The van der Waals surface area contributed by atoms with Gasteiger partial charge in [-0.2, -0.15) is 0 Å². The zero-order valence-corrected chi connectivity index (χ0v) is 25.0. The van der Waals surface area contributed by atoms with E-state index in [1.807, 2.05) is 84.9 Å². The molecule has 0 saturated carbocycles. The molecule has 1 aliphatic heterocycles. The zero-order valence-electron chi connectivity index (χ0n) is 23.5. The van der Waals surface area contributed by atoms with Crippen LogP contribution in [0.4, 0.5) is 0 Å². The first-order valence-corrected chi connectivity index (χ1v) is 14.9. The number of aliphatic hydroxyl groups is 1. The number of rotatable bonds is 13. The average molecular weight is 619 g/mol. The molecule has 222 valence electrons. The maximum Gasteiger partial charge on any atom is 0.266 e. The van der Waals surface area contributed by atoms with Gasteiger partial charge in [0.15, 0.2) is 11.6 Å². The van der Waals surface area contributed by atoms with E-state index in [1.165, 1.54) is 0 Å². The van der Waals surface area contributed by atoms with Gasteiger partial charge in [-0.15, -0.1) is 0 Å². The molecule has 0 unspecified atom stereocenters. The average Bonchev–Trinajstić information content (AvgIpc) is 3.40. The quantitative estimate of drug-likeness (QED) is 0.124. The van der Waals surface area contributed by atoms with E-state index in [9.17, 15) is 4.79 Å². The topological polar surface area (TPSA) is 92.2 Å². The van der Waals surface area contributed by atoms with E-state index in [0.717, 1.165) is 17.5 Å². The first-order chi connectivity index (χ1) is 21.0. The maximum absolute atomic E-state index is 14.3. The molecular formula is C34H33Cl2N3O4. The van der Waals surface area contributed by atoms with Gasteiger partial charge in [0.05, 0.1) is 6.61 Å². The molecule has 1 aliphatic rings. The fourth-order valence-corrected chi connectivity index (χ4v) is 5.49. The second kappa shape index (κ2) is 14.5. The number of aliphatic hydroxyl groups excluding tert-OH is 1. The number of halogens is 2. The zero-order chi connectivity index (χ0) is 30.1. The standard InChI is InChI=1S/C34H33Cl2N3O4/c35-27-14-17-29(30(36)22-27)31-34(23-25-10-5-2-6-11-25,33(41)39-37-19-18-24-8-3-1-4-9-24)38-32(43-31)26-12-15-28(16-13-26)42-21-7-20-40/h1-6,8-17,22,31,37,40H,7,18-21,23H2,(H,39,41)/t31-,34-/m0/s1. The summed E-state index contributed by atoms with van der Waals surface area (Å²) in [5.74, 6) is 0.622. The molecule has 0 aliphatic carbocycles. The highest BCUT2D eigenvalue weighted by Crippen LogP contribution is 2.45. The lowest BCUT2D eigenvalue weighted by Gasteiger charge is -2.31. The van der Waals surface area contributed by atoms with E-state index in [4.69, 9.17) is 42.8 Å². The van der Waals surface area contributed by atoms with Crippen molar-refractivity contribution >= 4 is 35.0 Å². The van der Waals surface area contributed by atoms with Crippen LogP contribution in [0.3, 0.4) is 0 Å². The minimum absolute atomic E-state index is 0.0596. The van der Waals surface area contributed by atoms with Gasteiger partial charge in [0, 0.05) is 47.2 Å². The third kappa shape index (κ3) is 7.56. The molecule has 0 aromatic heterocycles. The third-order valence-corrected chi connectivity index (χ3v) is 7.74. The molecule has 4 aromatic rings. The Labute approximate surface area is 261 Å². The van der Waals surface area contributed by atoms with Crippen LogP contribution in [0.15, 0.2) is 108 Å². The number of amides is 1. The van der Waals surface area contributed by atoms with Crippen molar-refractivity contribution in [2.45, 2.75) is 30.9 Å². The molecule has 0 radical (unpaired) electrons. The van der Waals surface area contributed by atoms with Crippen molar-refractivity contribution in [2.24, 2.45) is 4.99 Å². The Balaban J connectivity index is 1.49. The second-order valence-electron chi connectivity index (χ2n) is 10.2. The van der Waals surface area contributed by atoms with E-state index < -0.39 is 11.6 Å². The number of ether oxygens (including phenoxy) is 2. The number of nitrogens with zero attached hydrogens (tertiary/aromatic N) is 1. The highest BCUT2D eigenvalue weighted by atomic mass is 35.5. The lowest BCUT2D eigenvalue weighted by Crippen LogP contribution is -2.54. The molecule has 0 bridgehead atoms. The number of carbonyl (C=O) groups excluding carboxylic acids is 1. The monoisotopic (exact) mass is 617 g/mol. The lowest BCUT2D eigenvalue weighted by molar-refractivity contribution is -0.130. The summed E-state index contributed by atoms with van der Waals surface area (Å²) >= 11 is 13.0. The molecule has 1 amide bonds. The Morgan fingerprint density at radius 3 is 2.30 bits per heavy atom. The summed E-state index contributed by atoms with van der Waals surface area (Å²) in [6.45, 7) is 0.991. The molecular weight excluding hydrogens is 585 g/mol. The van der Waals surface area contributed by atoms with Crippen molar-refractivity contribution in [3.63, 3.8) is 0 Å². The summed E-state index contributed by atoms with van der Waals surface area (Å²) in [7, 11) is 0. The Morgan fingerprint density at radius 1 is 0.930 bits per heavy atom. The molecule has 7 nitrogen and oxygen atoms in total. The van der Waals surface area contributed by atoms with Gasteiger partial charge in [0.1, 0.15) is 5.75 Å². The minimum Gasteiger partial charge on any atom is -0.494 e. The summed E-state index contributed by atoms with van der Waals surface area (Å²) in [6.07, 6.45) is 0.688. The number of hydrazine groups is 1. The largest absolute Gasteiger partial charge is 0.494 e. The van der Waals surface area contributed by atoms with Crippen LogP contribution in [-0.2, 0) is 22.4 Å². The first-order valence-electron chi connectivity index (χ1n) is 14.2. The van der Waals surface area contributed by atoms with Gasteiger partial charge >= 0.3 is 0 Å². The highest BCUT2D eigenvalue weighted by molar-refractivity contribution is 6.35. The number of hydrogen-bond acceptors (Lipinski definition) is 6. The van der Waals surface area contributed by atoms with Crippen molar-refractivity contribution in [3.8, 4) is 5.75 Å². The number of aliphatic imine (C=N–C) groups is 1. The van der Waals surface area contributed by atoms with Crippen LogP contribution in [0.2, 0.25) is 10.0 Å². The van der Waals surface area contributed by atoms with Crippen LogP contribution < -0.4 is 15.6 Å². The molecule has 3 N–H and O–H groups in total. The van der Waals surface area contributed by atoms with Crippen molar-refractivity contribution in [1.29, 1.82) is 0 Å². The summed E-state index contributed by atoms with van der Waals surface area (Å²) in [6, 6.07) is 32.2. The second-order valence-corrected chi connectivity index (χ2v) is 11.1. The number of hydrogen-bond donors (Lipinski definition) is 3. The molecule has 0 fully saturated rings. The molecule has 9 heteroatoms. The molecule has 5 rings (SSSR count). The molecule has 43 heavy (non-hydrogen) atoms. The number of benzene rings is 4. The SMILES string of the molecule is O=C(NNCCc1ccccc1)[C@@]1(Cc2ccccc2)N=C(c2ccc(OCCCO)cc2)O[C@H]1c1ccc(Cl)cc1Cl. The normalized spacial score (nSPS) is 17.7. The van der Waals surface area contributed by atoms with Crippen molar-refractivity contribution in [3.05, 3.63) is 135 Å². The van der Waals surface area contributed by atoms with Crippen LogP contribution in [0.5, 0.6) is 5.75 Å². The van der Waals surface area contributed by atoms with E-state index in [-0.39, 0.29) is 18.9 Å². The first kappa shape index (κ1) is 30.6. The summed E-state index contributed by atoms with van der Waals surface area (Å²) in [5, 5.41) is 9.89. The van der Waals surface area contributed by atoms with Crippen LogP contribution in [-0.4, -0.2) is 42.2 Å². The lowest BCUT2D eigenvalue weighted by atomic mass is 9.82. The van der Waals surface area contributed by atoms with E-state index in [0.29, 0.717) is 52.4 Å². The van der Waals surface area contributed by atoms with Gasteiger partial charge in [0.25, 0.3) is 5.91 Å². The van der Waals surface area contributed by atoms with Gasteiger partial charge in [-0.25, -0.2) is 10.4 Å². The fraction of sp³-hybridized carbons (Fsp3) is 0.235. The van der Waals surface area contributed by atoms with Crippen LogP contribution >= 0.6 is 23.2 Å². The van der Waals surface area contributed by atoms with E-state index in [2.05, 4.69) is 10.9 Å². The van der Waals surface area contributed by atoms with Crippen LogP contribution in [0.25, 0.3) is 0 Å². The summed E-state index contributed by atoms with van der Waals surface area (Å²) < 4.78 is 12.2. The van der Waals surface area contributed by atoms with E-state index >= 15 is 0 Å². The Bertz CT molecular complexity index is 1530. The predicted molar refractivity (Wildman–Crippen MR) is 170 cm³/mol. The molecule has 2 atom stereocenters. The highest BCUT2D eigenvalue weighted by Gasteiger charge is 2.54. The van der Waals surface area contributed by atoms with Crippen molar-refractivity contribution in [2.75, 3.05) is 19.8 Å². The van der Waals surface area contributed by atoms with Gasteiger partial charge in [-0.3, -0.25) is 10.2 Å². The fourth-order valence-electron chi connectivity index (χ4n) is 4.98. The Hall–Kier alpha value is -3.88. The van der Waals surface area contributed by atoms with Gasteiger partial charge < -0.3 is 14.6 Å². The molecule has 0 saturated heterocycles. The molecule has 0 spiro atoms. The number of nitrogens with one attached hydrogen (secondary N) is 2. The Kier molecular flexibility index (Phi) is 10.3. The third-order valence-electron chi connectivity index (χ3n) is 7.17. The van der Waals surface area contributed by atoms with Crippen molar-refractivity contribution < 1.29 is 19.4 Å². The molecule has 1 heterocycles. The summed E-state index contributed by atoms with van der Waals surface area (Å²) in [5.41, 5.74) is 7.96. The molecule has 4 aromatic carbocycles. The van der Waals surface area contributed by atoms with Gasteiger partial charge in [-0.1, -0.05) is 89.9 Å². The van der Waals surface area contributed by atoms with Crippen LogP contribution in [0, 0.1) is 0 Å². The van der Waals surface area contributed by atoms with E-state index in [1.54, 1.807) is 18.2 Å². The smallest absolute Gasteiger partial charge is 0.266 e. The minimum atomic E-state index is -1.40. The van der Waals surface area contributed by atoms with Crippen molar-refractivity contribution in [1.82, 2.24) is 10.9 Å². The van der Waals surface area contributed by atoms with Gasteiger partial charge in [0.2, 0.25) is 5.90 Å².